The van der Waals surface area contributed by atoms with Crippen molar-refractivity contribution in [1.29, 1.82) is 0 Å². The number of nitrogens with zero attached hydrogens (tertiary/aromatic N) is 3. The fraction of sp³-hybridized carbons (Fsp3) is 0.143. The Morgan fingerprint density at radius 1 is 1.22 bits per heavy atom. The molecule has 0 aliphatic carbocycles. The Morgan fingerprint density at radius 3 is 2.89 bits per heavy atom. The van der Waals surface area contributed by atoms with Gasteiger partial charge in [0.15, 0.2) is 0 Å². The number of fused-ring (bicyclic) bond motifs is 1. The molecule has 2 aromatic heterocycles. The minimum atomic E-state index is -0.0149. The van der Waals surface area contributed by atoms with Crippen molar-refractivity contribution < 1.29 is 5.11 Å². The average molecular weight is 239 g/mol. The summed E-state index contributed by atoms with van der Waals surface area (Å²) in [7, 11) is 0. The topological polar surface area (TPSA) is 50.9 Å². The highest BCUT2D eigenvalue weighted by Crippen LogP contribution is 2.21. The second-order valence-corrected chi connectivity index (χ2v) is 4.22. The number of rotatable bonds is 2. The summed E-state index contributed by atoms with van der Waals surface area (Å²) >= 11 is 0. The fourth-order valence-corrected chi connectivity index (χ4v) is 2.09. The van der Waals surface area contributed by atoms with Crippen LogP contribution in [0.3, 0.4) is 0 Å². The third kappa shape index (κ3) is 1.67. The maximum atomic E-state index is 9.16. The summed E-state index contributed by atoms with van der Waals surface area (Å²) in [6.07, 6.45) is 3.40. The standard InChI is InChI=1S/C14H13N3O/c1-10-13-4-2-3-5-14(13)17(16-10)12-6-11(9-18)7-15-8-12/h2-8,18H,9H2,1H3. The van der Waals surface area contributed by atoms with E-state index in [2.05, 4.69) is 16.1 Å². The summed E-state index contributed by atoms with van der Waals surface area (Å²) in [6, 6.07) is 9.97. The zero-order chi connectivity index (χ0) is 12.5. The smallest absolute Gasteiger partial charge is 0.0839 e. The van der Waals surface area contributed by atoms with Crippen molar-refractivity contribution in [2.24, 2.45) is 0 Å². The van der Waals surface area contributed by atoms with E-state index in [0.29, 0.717) is 0 Å². The van der Waals surface area contributed by atoms with E-state index < -0.39 is 0 Å². The van der Waals surface area contributed by atoms with Crippen LogP contribution < -0.4 is 0 Å². The summed E-state index contributed by atoms with van der Waals surface area (Å²) in [6.45, 7) is 1.97. The van der Waals surface area contributed by atoms with Gasteiger partial charge in [0, 0.05) is 11.6 Å². The molecule has 0 bridgehead atoms. The summed E-state index contributed by atoms with van der Waals surface area (Å²) in [5.41, 5.74) is 3.68. The molecule has 1 aromatic carbocycles. The van der Waals surface area contributed by atoms with Gasteiger partial charge >= 0.3 is 0 Å². The van der Waals surface area contributed by atoms with Gasteiger partial charge in [-0.05, 0) is 24.6 Å². The van der Waals surface area contributed by atoms with E-state index in [-0.39, 0.29) is 6.61 Å². The Morgan fingerprint density at radius 2 is 2.06 bits per heavy atom. The second kappa shape index (κ2) is 4.23. The molecule has 0 spiro atoms. The molecule has 2 heterocycles. The van der Waals surface area contributed by atoms with Crippen LogP contribution >= 0.6 is 0 Å². The molecule has 0 saturated carbocycles. The number of aromatic nitrogens is 3. The molecular weight excluding hydrogens is 226 g/mol. The zero-order valence-corrected chi connectivity index (χ0v) is 10.0. The minimum Gasteiger partial charge on any atom is -0.392 e. The van der Waals surface area contributed by atoms with Crippen LogP contribution in [0.4, 0.5) is 0 Å². The van der Waals surface area contributed by atoms with Crippen molar-refractivity contribution in [3.8, 4) is 5.69 Å². The molecule has 90 valence electrons. The predicted molar refractivity (Wildman–Crippen MR) is 69.5 cm³/mol. The Kier molecular flexibility index (Phi) is 2.57. The average Bonchev–Trinajstić information content (AvgIpc) is 2.77. The normalized spacial score (nSPS) is 11.0. The van der Waals surface area contributed by atoms with Gasteiger partial charge in [0.05, 0.1) is 29.7 Å². The van der Waals surface area contributed by atoms with E-state index in [1.54, 1.807) is 12.4 Å². The highest BCUT2D eigenvalue weighted by atomic mass is 16.3. The Balaban J connectivity index is 2.25. The number of aryl methyl sites for hydroxylation is 1. The molecule has 0 aliphatic rings. The molecule has 4 nitrogen and oxygen atoms in total. The number of hydrogen-bond donors (Lipinski definition) is 1. The van der Waals surface area contributed by atoms with Gasteiger partial charge < -0.3 is 5.11 Å². The molecule has 0 saturated heterocycles. The number of para-hydroxylation sites is 1. The Hall–Kier alpha value is -2.20. The quantitative estimate of drug-likeness (QED) is 0.746. The second-order valence-electron chi connectivity index (χ2n) is 4.22. The molecule has 1 N–H and O–H groups in total. The van der Waals surface area contributed by atoms with Crippen molar-refractivity contribution in [2.45, 2.75) is 13.5 Å². The maximum absolute atomic E-state index is 9.16. The van der Waals surface area contributed by atoms with Crippen molar-refractivity contribution in [1.82, 2.24) is 14.8 Å². The molecule has 0 unspecified atom stereocenters. The maximum Gasteiger partial charge on any atom is 0.0839 e. The van der Waals surface area contributed by atoms with E-state index >= 15 is 0 Å². The summed E-state index contributed by atoms with van der Waals surface area (Å²) in [5.74, 6) is 0. The van der Waals surface area contributed by atoms with Crippen LogP contribution in [-0.2, 0) is 6.61 Å². The van der Waals surface area contributed by atoms with Crippen LogP contribution in [0.5, 0.6) is 0 Å². The molecular formula is C14H13N3O. The number of aliphatic hydroxyl groups is 1. The summed E-state index contributed by atoms with van der Waals surface area (Å²) in [4.78, 5) is 4.13. The van der Waals surface area contributed by atoms with Gasteiger partial charge in [-0.15, -0.1) is 0 Å². The number of pyridine rings is 1. The first kappa shape index (κ1) is 10.9. The SMILES string of the molecule is Cc1nn(-c2cncc(CO)c2)c2ccccc12. The lowest BCUT2D eigenvalue weighted by Gasteiger charge is -2.04. The van der Waals surface area contributed by atoms with Crippen LogP contribution in [0, 0.1) is 6.92 Å². The monoisotopic (exact) mass is 239 g/mol. The van der Waals surface area contributed by atoms with Gasteiger partial charge in [-0.1, -0.05) is 18.2 Å². The first-order valence-electron chi connectivity index (χ1n) is 5.79. The van der Waals surface area contributed by atoms with E-state index in [4.69, 9.17) is 5.11 Å². The van der Waals surface area contributed by atoms with E-state index in [1.807, 2.05) is 35.9 Å². The molecule has 0 aliphatic heterocycles. The predicted octanol–water partition coefficient (Wildman–Crippen LogP) is 2.22. The van der Waals surface area contributed by atoms with Gasteiger partial charge in [0.2, 0.25) is 0 Å². The molecule has 3 rings (SSSR count). The van der Waals surface area contributed by atoms with E-state index in [0.717, 1.165) is 27.8 Å². The lowest BCUT2D eigenvalue weighted by molar-refractivity contribution is 0.281. The first-order valence-corrected chi connectivity index (χ1v) is 5.79. The number of aliphatic hydroxyl groups excluding tert-OH is 1. The highest BCUT2D eigenvalue weighted by molar-refractivity contribution is 5.83. The van der Waals surface area contributed by atoms with Crippen LogP contribution in [0.25, 0.3) is 16.6 Å². The molecule has 0 radical (unpaired) electrons. The summed E-state index contributed by atoms with van der Waals surface area (Å²) < 4.78 is 1.86. The van der Waals surface area contributed by atoms with E-state index in [9.17, 15) is 0 Å². The van der Waals surface area contributed by atoms with Crippen molar-refractivity contribution in [2.75, 3.05) is 0 Å². The van der Waals surface area contributed by atoms with Gasteiger partial charge in [-0.25, -0.2) is 4.68 Å². The van der Waals surface area contributed by atoms with Gasteiger partial charge in [-0.2, -0.15) is 5.10 Å². The lowest BCUT2D eigenvalue weighted by atomic mass is 10.2. The lowest BCUT2D eigenvalue weighted by Crippen LogP contribution is -1.98. The van der Waals surface area contributed by atoms with Crippen LogP contribution in [-0.4, -0.2) is 19.9 Å². The van der Waals surface area contributed by atoms with Crippen molar-refractivity contribution >= 4 is 10.9 Å². The van der Waals surface area contributed by atoms with Gasteiger partial charge in [-0.3, -0.25) is 4.98 Å². The zero-order valence-electron chi connectivity index (χ0n) is 10.0. The molecule has 4 heteroatoms. The number of hydrogen-bond acceptors (Lipinski definition) is 3. The van der Waals surface area contributed by atoms with Crippen molar-refractivity contribution in [3.05, 3.63) is 54.0 Å². The molecule has 3 aromatic rings. The van der Waals surface area contributed by atoms with Crippen LogP contribution in [0.1, 0.15) is 11.3 Å². The molecule has 0 atom stereocenters. The van der Waals surface area contributed by atoms with Gasteiger partial charge in [0.25, 0.3) is 0 Å². The molecule has 18 heavy (non-hydrogen) atoms. The summed E-state index contributed by atoms with van der Waals surface area (Å²) in [5, 5.41) is 14.8. The van der Waals surface area contributed by atoms with Crippen LogP contribution in [0.2, 0.25) is 0 Å². The Labute approximate surface area is 105 Å². The largest absolute Gasteiger partial charge is 0.392 e. The molecule has 0 fully saturated rings. The fourth-order valence-electron chi connectivity index (χ4n) is 2.09. The number of benzene rings is 1. The third-order valence-corrected chi connectivity index (χ3v) is 2.98. The first-order chi connectivity index (χ1) is 8.79. The Bertz CT molecular complexity index is 703. The van der Waals surface area contributed by atoms with Crippen molar-refractivity contribution in [3.63, 3.8) is 0 Å². The molecule has 0 amide bonds. The van der Waals surface area contributed by atoms with Gasteiger partial charge in [0.1, 0.15) is 0 Å². The third-order valence-electron chi connectivity index (χ3n) is 2.98. The highest BCUT2D eigenvalue weighted by Gasteiger charge is 2.08. The van der Waals surface area contributed by atoms with E-state index in [1.165, 1.54) is 0 Å². The minimum absolute atomic E-state index is 0.0149. The van der Waals surface area contributed by atoms with Crippen LogP contribution in [0.15, 0.2) is 42.7 Å².